The third kappa shape index (κ3) is 5.33. The van der Waals surface area contributed by atoms with Gasteiger partial charge in [-0.15, -0.1) is 12.6 Å². The lowest BCUT2D eigenvalue weighted by molar-refractivity contribution is -0.204. The minimum Gasteiger partial charge on any atom is -0.369 e. The van der Waals surface area contributed by atoms with Gasteiger partial charge < -0.3 is 19.1 Å². The fourth-order valence-corrected chi connectivity index (χ4v) is 4.00. The molecule has 0 N–H and O–H groups in total. The summed E-state index contributed by atoms with van der Waals surface area (Å²) in [5.41, 5.74) is 1.99. The van der Waals surface area contributed by atoms with Crippen molar-refractivity contribution in [3.05, 3.63) is 71.8 Å². The van der Waals surface area contributed by atoms with E-state index >= 15 is 0 Å². The van der Waals surface area contributed by atoms with Crippen molar-refractivity contribution in [3.63, 3.8) is 0 Å². The molecular weight excluding hydrogens is 358 g/mol. The minimum atomic E-state index is -0.298. The van der Waals surface area contributed by atoms with Gasteiger partial charge in [-0.2, -0.15) is 0 Å². The van der Waals surface area contributed by atoms with Crippen molar-refractivity contribution in [1.82, 2.24) is 4.90 Å². The third-order valence-corrected chi connectivity index (χ3v) is 5.35. The van der Waals surface area contributed by atoms with Crippen molar-refractivity contribution in [1.29, 1.82) is 0 Å². The maximum Gasteiger partial charge on any atom is 0.128 e. The number of rotatable bonds is 7. The Morgan fingerprint density at radius 1 is 0.852 bits per heavy atom. The Hall–Kier alpha value is -1.37. The van der Waals surface area contributed by atoms with Crippen LogP contribution in [0, 0.1) is 0 Å². The molecule has 0 saturated carbocycles. The molecule has 0 spiro atoms. The summed E-state index contributed by atoms with van der Waals surface area (Å²) < 4.78 is 18.6. The number of hydrogen-bond donors (Lipinski definition) is 1. The fourth-order valence-electron chi connectivity index (χ4n) is 3.54. The van der Waals surface area contributed by atoms with Crippen LogP contribution in [0.1, 0.15) is 18.1 Å². The van der Waals surface area contributed by atoms with Crippen LogP contribution in [0.4, 0.5) is 0 Å². The molecule has 0 aliphatic carbocycles. The van der Waals surface area contributed by atoms with Gasteiger partial charge in [0.05, 0.1) is 25.4 Å². The van der Waals surface area contributed by atoms with Crippen LogP contribution in [0.5, 0.6) is 0 Å². The topological polar surface area (TPSA) is 30.9 Å². The van der Waals surface area contributed by atoms with Gasteiger partial charge in [-0.25, -0.2) is 0 Å². The molecule has 1 unspecified atom stereocenters. The molecular formula is C22H29NO3S. The van der Waals surface area contributed by atoms with Gasteiger partial charge in [0.1, 0.15) is 17.6 Å². The summed E-state index contributed by atoms with van der Waals surface area (Å²) in [5.74, 6) is 0. The van der Waals surface area contributed by atoms with Crippen molar-refractivity contribution in [2.45, 2.75) is 49.9 Å². The Morgan fingerprint density at radius 2 is 1.33 bits per heavy atom. The average molecular weight is 388 g/mol. The van der Waals surface area contributed by atoms with E-state index in [-0.39, 0.29) is 29.8 Å². The Balaban J connectivity index is 1.71. The molecule has 5 atom stereocenters. The van der Waals surface area contributed by atoms with Crippen LogP contribution in [-0.2, 0) is 27.4 Å². The first-order chi connectivity index (χ1) is 13.1. The van der Waals surface area contributed by atoms with E-state index in [0.717, 1.165) is 11.1 Å². The zero-order chi connectivity index (χ0) is 19.2. The predicted molar refractivity (Wildman–Crippen MR) is 111 cm³/mol. The maximum absolute atomic E-state index is 6.31. The van der Waals surface area contributed by atoms with Crippen LogP contribution in [0.2, 0.25) is 0 Å². The molecule has 3 rings (SSSR count). The van der Waals surface area contributed by atoms with Gasteiger partial charge in [0.15, 0.2) is 0 Å². The van der Waals surface area contributed by atoms with E-state index in [1.54, 1.807) is 0 Å². The summed E-state index contributed by atoms with van der Waals surface area (Å²) in [5, 5.41) is 0. The smallest absolute Gasteiger partial charge is 0.128 e. The van der Waals surface area contributed by atoms with Crippen molar-refractivity contribution >= 4 is 12.6 Å². The quantitative estimate of drug-likeness (QED) is 0.733. The lowest BCUT2D eigenvalue weighted by atomic mass is 9.96. The molecule has 1 aliphatic heterocycles. The fraction of sp³-hybridized carbons (Fsp3) is 0.455. The highest BCUT2D eigenvalue weighted by Gasteiger charge is 2.45. The molecule has 1 heterocycles. The largest absolute Gasteiger partial charge is 0.369 e. The van der Waals surface area contributed by atoms with Gasteiger partial charge in [-0.3, -0.25) is 0 Å². The van der Waals surface area contributed by atoms with Crippen molar-refractivity contribution in [2.24, 2.45) is 0 Å². The Morgan fingerprint density at radius 3 is 1.81 bits per heavy atom. The lowest BCUT2D eigenvalue weighted by Crippen LogP contribution is -2.62. The molecule has 1 fully saturated rings. The summed E-state index contributed by atoms with van der Waals surface area (Å²) in [6, 6.07) is 20.4. The summed E-state index contributed by atoms with van der Waals surface area (Å²) in [4.78, 5) is 2.16. The van der Waals surface area contributed by atoms with Gasteiger partial charge in [0.25, 0.3) is 0 Å². The second kappa shape index (κ2) is 9.71. The average Bonchev–Trinajstić information content (AvgIpc) is 2.67. The van der Waals surface area contributed by atoms with Gasteiger partial charge >= 0.3 is 0 Å². The highest BCUT2D eigenvalue weighted by Crippen LogP contribution is 2.31. The van der Waals surface area contributed by atoms with Crippen LogP contribution >= 0.6 is 12.6 Å². The normalized spacial score (nSPS) is 28.4. The number of benzene rings is 2. The van der Waals surface area contributed by atoms with E-state index in [0.29, 0.717) is 13.2 Å². The Bertz CT molecular complexity index is 627. The van der Waals surface area contributed by atoms with Crippen molar-refractivity contribution in [3.8, 4) is 0 Å². The number of likely N-dealkylation sites (N-methyl/N-ethyl adjacent to an activating group) is 1. The monoisotopic (exact) mass is 387 g/mol. The zero-order valence-electron chi connectivity index (χ0n) is 16.2. The molecule has 2 aromatic carbocycles. The molecule has 2 aromatic rings. The first-order valence-electron chi connectivity index (χ1n) is 9.37. The number of thiol groups is 1. The molecule has 146 valence electrons. The molecule has 27 heavy (non-hydrogen) atoms. The number of hydrogen-bond acceptors (Lipinski definition) is 5. The van der Waals surface area contributed by atoms with Crippen LogP contribution in [0.15, 0.2) is 60.7 Å². The molecule has 1 saturated heterocycles. The van der Waals surface area contributed by atoms with Gasteiger partial charge in [0.2, 0.25) is 0 Å². The standard InChI is InChI=1S/C22H29NO3S/c1-16-20(24-14-17-10-6-4-7-11-17)19(23(2)3)21(22(27)26-16)25-15-18-12-8-5-9-13-18/h4-13,16,19-22,27H,14-15H2,1-3H3/t16-,19+,20-,21-,22?/m1/s1. The number of nitrogens with zero attached hydrogens (tertiary/aromatic N) is 1. The molecule has 4 nitrogen and oxygen atoms in total. The molecule has 0 amide bonds. The Kier molecular flexibility index (Phi) is 7.33. The van der Waals surface area contributed by atoms with E-state index in [4.69, 9.17) is 14.2 Å². The SMILES string of the molecule is C[C@H]1OC(S)[C@H](OCc2ccccc2)[C@@H](N(C)C)[C@@H]1OCc1ccccc1. The van der Waals surface area contributed by atoms with E-state index < -0.39 is 0 Å². The summed E-state index contributed by atoms with van der Waals surface area (Å²) in [7, 11) is 4.11. The molecule has 1 aliphatic rings. The Labute approximate surface area is 167 Å². The third-order valence-electron chi connectivity index (χ3n) is 4.94. The molecule has 0 radical (unpaired) electrons. The van der Waals surface area contributed by atoms with Crippen LogP contribution < -0.4 is 0 Å². The first-order valence-corrected chi connectivity index (χ1v) is 9.89. The second-order valence-corrected chi connectivity index (χ2v) is 7.72. The lowest BCUT2D eigenvalue weighted by Gasteiger charge is -2.47. The summed E-state index contributed by atoms with van der Waals surface area (Å²) >= 11 is 4.67. The van der Waals surface area contributed by atoms with E-state index in [2.05, 4.69) is 55.9 Å². The highest BCUT2D eigenvalue weighted by molar-refractivity contribution is 7.80. The summed E-state index contributed by atoms with van der Waals surface area (Å²) in [6.45, 7) is 3.12. The summed E-state index contributed by atoms with van der Waals surface area (Å²) in [6.07, 6.45) is -0.370. The van der Waals surface area contributed by atoms with Crippen LogP contribution in [0.25, 0.3) is 0 Å². The van der Waals surface area contributed by atoms with Gasteiger partial charge in [0, 0.05) is 0 Å². The molecule has 0 bridgehead atoms. The zero-order valence-corrected chi connectivity index (χ0v) is 17.1. The van der Waals surface area contributed by atoms with Crippen LogP contribution in [-0.4, -0.2) is 48.8 Å². The van der Waals surface area contributed by atoms with Gasteiger partial charge in [-0.05, 0) is 32.1 Å². The second-order valence-electron chi connectivity index (χ2n) is 7.21. The number of ether oxygens (including phenoxy) is 3. The maximum atomic E-state index is 6.31. The van der Waals surface area contributed by atoms with Crippen molar-refractivity contribution < 1.29 is 14.2 Å². The van der Waals surface area contributed by atoms with Crippen molar-refractivity contribution in [2.75, 3.05) is 14.1 Å². The van der Waals surface area contributed by atoms with E-state index in [1.165, 1.54) is 0 Å². The molecule has 5 heteroatoms. The highest BCUT2D eigenvalue weighted by atomic mass is 32.1. The molecule has 0 aromatic heterocycles. The minimum absolute atomic E-state index is 0.0451. The van der Waals surface area contributed by atoms with E-state index in [9.17, 15) is 0 Å². The van der Waals surface area contributed by atoms with E-state index in [1.807, 2.05) is 43.3 Å². The van der Waals surface area contributed by atoms with Crippen LogP contribution in [0.3, 0.4) is 0 Å². The first kappa shape index (κ1) is 20.4. The van der Waals surface area contributed by atoms with Gasteiger partial charge in [-0.1, -0.05) is 60.7 Å². The predicted octanol–water partition coefficient (Wildman–Crippen LogP) is 3.76.